The number of nitrogens with one attached hydrogen (secondary N) is 1. The Morgan fingerprint density at radius 3 is 2.68 bits per heavy atom. The number of aromatic amines is 1. The van der Waals surface area contributed by atoms with Crippen LogP contribution in [0.25, 0.3) is 0 Å². The van der Waals surface area contributed by atoms with Crippen molar-refractivity contribution in [2.45, 2.75) is 24.0 Å². The number of rotatable bonds is 2. The number of aromatic nitrogens is 2. The molecular formula is C11H12N2O6. The maximum atomic E-state index is 11.6. The first-order chi connectivity index (χ1) is 8.95. The topological polar surface area (TPSA) is 125 Å². The molecule has 8 heteroatoms. The van der Waals surface area contributed by atoms with Crippen LogP contribution in [0.15, 0.2) is 21.9 Å². The summed E-state index contributed by atoms with van der Waals surface area (Å²) in [6.45, 7) is -0.726. The number of terminal acetylenes is 1. The predicted molar refractivity (Wildman–Crippen MR) is 62.1 cm³/mol. The molecule has 19 heavy (non-hydrogen) atoms. The summed E-state index contributed by atoms with van der Waals surface area (Å²) < 4.78 is 6.11. The lowest BCUT2D eigenvalue weighted by molar-refractivity contribution is -0.0936. The van der Waals surface area contributed by atoms with E-state index in [1.165, 1.54) is 0 Å². The van der Waals surface area contributed by atoms with Gasteiger partial charge >= 0.3 is 5.69 Å². The Hall–Kier alpha value is -1.92. The third-order valence-electron chi connectivity index (χ3n) is 3.03. The van der Waals surface area contributed by atoms with E-state index < -0.39 is 41.9 Å². The quantitative estimate of drug-likeness (QED) is 0.428. The summed E-state index contributed by atoms with van der Waals surface area (Å²) in [5.74, 6) is 2.07. The van der Waals surface area contributed by atoms with Crippen molar-refractivity contribution in [2.24, 2.45) is 0 Å². The standard InChI is InChI=1S/C11H12N2O6/c1-2-11(5-14)8(17)7(16)9(19-11)13-4-3-6(15)12-10(13)18/h1,3-4,7-9,14,16-17H,5H2,(H,12,15,18)/t7-,8+,9-,11-/m1/s1. The van der Waals surface area contributed by atoms with Crippen LogP contribution in [0.3, 0.4) is 0 Å². The van der Waals surface area contributed by atoms with Crippen molar-refractivity contribution in [1.29, 1.82) is 0 Å². The van der Waals surface area contributed by atoms with Crippen LogP contribution in [0.5, 0.6) is 0 Å². The van der Waals surface area contributed by atoms with Gasteiger partial charge in [-0.15, -0.1) is 6.42 Å². The molecule has 1 aliphatic heterocycles. The molecule has 1 aromatic heterocycles. The summed E-state index contributed by atoms with van der Waals surface area (Å²) >= 11 is 0. The minimum atomic E-state index is -1.79. The normalized spacial score (nSPS) is 34.1. The van der Waals surface area contributed by atoms with Gasteiger partial charge in [0.25, 0.3) is 5.56 Å². The first kappa shape index (κ1) is 13.5. The average molecular weight is 268 g/mol. The molecule has 8 nitrogen and oxygen atoms in total. The molecule has 0 unspecified atom stereocenters. The lowest BCUT2D eigenvalue weighted by atomic mass is 9.97. The Morgan fingerprint density at radius 1 is 1.53 bits per heavy atom. The SMILES string of the molecule is C#C[C@]1(CO)O[C@@H](n2ccc(=O)[nH]c2=O)[C@H](O)[C@@H]1O. The van der Waals surface area contributed by atoms with E-state index in [4.69, 9.17) is 11.2 Å². The molecule has 0 amide bonds. The van der Waals surface area contributed by atoms with Crippen molar-refractivity contribution < 1.29 is 20.1 Å². The molecule has 0 spiro atoms. The molecule has 1 aromatic rings. The van der Waals surface area contributed by atoms with Gasteiger partial charge in [0.05, 0.1) is 6.61 Å². The Balaban J connectivity index is 2.46. The molecule has 1 fully saturated rings. The zero-order chi connectivity index (χ0) is 14.2. The highest BCUT2D eigenvalue weighted by atomic mass is 16.6. The van der Waals surface area contributed by atoms with Crippen molar-refractivity contribution in [3.05, 3.63) is 33.1 Å². The molecule has 0 saturated carbocycles. The van der Waals surface area contributed by atoms with Crippen LogP contribution in [0, 0.1) is 12.3 Å². The molecule has 2 heterocycles. The summed E-state index contributed by atoms with van der Waals surface area (Å²) in [4.78, 5) is 24.5. The van der Waals surface area contributed by atoms with Crippen molar-refractivity contribution in [3.8, 4) is 12.3 Å². The lowest BCUT2D eigenvalue weighted by Gasteiger charge is -2.23. The fourth-order valence-corrected chi connectivity index (χ4v) is 1.93. The molecule has 0 bridgehead atoms. The van der Waals surface area contributed by atoms with E-state index in [1.807, 2.05) is 4.98 Å². The summed E-state index contributed by atoms with van der Waals surface area (Å²) in [6.07, 6.45) is 1.90. The van der Waals surface area contributed by atoms with Crippen LogP contribution in [0.1, 0.15) is 6.23 Å². The van der Waals surface area contributed by atoms with Crippen LogP contribution in [-0.4, -0.2) is 49.3 Å². The second kappa shape index (κ2) is 4.64. The molecule has 4 atom stereocenters. The van der Waals surface area contributed by atoms with Crippen molar-refractivity contribution in [3.63, 3.8) is 0 Å². The van der Waals surface area contributed by atoms with E-state index in [0.29, 0.717) is 0 Å². The molecule has 0 radical (unpaired) electrons. The third-order valence-corrected chi connectivity index (χ3v) is 3.03. The molecule has 1 aliphatic rings. The highest BCUT2D eigenvalue weighted by Gasteiger charge is 2.54. The van der Waals surface area contributed by atoms with Crippen molar-refractivity contribution in [1.82, 2.24) is 9.55 Å². The first-order valence-electron chi connectivity index (χ1n) is 5.39. The van der Waals surface area contributed by atoms with Crippen LogP contribution in [-0.2, 0) is 4.74 Å². The summed E-state index contributed by atoms with van der Waals surface area (Å²) in [7, 11) is 0. The van der Waals surface area contributed by atoms with Crippen molar-refractivity contribution in [2.75, 3.05) is 6.61 Å². The van der Waals surface area contributed by atoms with Crippen LogP contribution in [0.2, 0.25) is 0 Å². The van der Waals surface area contributed by atoms with Crippen LogP contribution in [0.4, 0.5) is 0 Å². The molecule has 102 valence electrons. The number of aliphatic hydroxyl groups is 3. The smallest absolute Gasteiger partial charge is 0.330 e. The lowest BCUT2D eigenvalue weighted by Crippen LogP contribution is -2.45. The molecule has 0 aliphatic carbocycles. The largest absolute Gasteiger partial charge is 0.392 e. The van der Waals surface area contributed by atoms with Gasteiger partial charge in [-0.2, -0.15) is 0 Å². The molecule has 4 N–H and O–H groups in total. The zero-order valence-electron chi connectivity index (χ0n) is 9.68. The second-order valence-corrected chi connectivity index (χ2v) is 4.15. The van der Waals surface area contributed by atoms with Gasteiger partial charge in [-0.25, -0.2) is 4.79 Å². The highest BCUT2D eigenvalue weighted by molar-refractivity contribution is 5.18. The van der Waals surface area contributed by atoms with Gasteiger partial charge in [-0.05, 0) is 0 Å². The van der Waals surface area contributed by atoms with Gasteiger partial charge in [0.2, 0.25) is 0 Å². The maximum absolute atomic E-state index is 11.6. The number of hydrogen-bond acceptors (Lipinski definition) is 6. The monoisotopic (exact) mass is 268 g/mol. The number of ether oxygens (including phenoxy) is 1. The maximum Gasteiger partial charge on any atom is 0.330 e. The average Bonchev–Trinajstić information content (AvgIpc) is 2.64. The minimum Gasteiger partial charge on any atom is -0.392 e. The van der Waals surface area contributed by atoms with E-state index in [-0.39, 0.29) is 0 Å². The van der Waals surface area contributed by atoms with Gasteiger partial charge < -0.3 is 20.1 Å². The molecule has 1 saturated heterocycles. The Labute approximate surface area is 106 Å². The number of aliphatic hydroxyl groups excluding tert-OH is 3. The van der Waals surface area contributed by atoms with E-state index in [9.17, 15) is 24.9 Å². The minimum absolute atomic E-state index is 0.611. The fraction of sp³-hybridized carbons (Fsp3) is 0.455. The van der Waals surface area contributed by atoms with E-state index in [1.54, 1.807) is 0 Å². The Morgan fingerprint density at radius 2 is 2.21 bits per heavy atom. The van der Waals surface area contributed by atoms with Gasteiger partial charge in [0.15, 0.2) is 11.8 Å². The van der Waals surface area contributed by atoms with Crippen LogP contribution >= 0.6 is 0 Å². The fourth-order valence-electron chi connectivity index (χ4n) is 1.93. The van der Waals surface area contributed by atoms with Gasteiger partial charge in [-0.3, -0.25) is 14.3 Å². The van der Waals surface area contributed by atoms with E-state index in [0.717, 1.165) is 16.8 Å². The highest BCUT2D eigenvalue weighted by Crippen LogP contribution is 2.35. The molecule has 0 aromatic carbocycles. The summed E-state index contributed by atoms with van der Waals surface area (Å²) in [5.41, 5.74) is -3.23. The number of nitrogens with zero attached hydrogens (tertiary/aromatic N) is 1. The third kappa shape index (κ3) is 1.98. The number of hydrogen-bond donors (Lipinski definition) is 4. The summed E-state index contributed by atoms with van der Waals surface area (Å²) in [5, 5.41) is 28.9. The predicted octanol–water partition coefficient (Wildman–Crippen LogP) is -2.85. The Bertz CT molecular complexity index is 629. The zero-order valence-corrected chi connectivity index (χ0v) is 9.68. The second-order valence-electron chi connectivity index (χ2n) is 4.15. The van der Waals surface area contributed by atoms with Crippen molar-refractivity contribution >= 4 is 0 Å². The molecule has 2 rings (SSSR count). The van der Waals surface area contributed by atoms with Gasteiger partial charge in [0, 0.05) is 12.3 Å². The number of H-pyrrole nitrogens is 1. The molecular weight excluding hydrogens is 256 g/mol. The van der Waals surface area contributed by atoms with Crippen LogP contribution < -0.4 is 11.2 Å². The van der Waals surface area contributed by atoms with E-state index in [2.05, 4.69) is 5.92 Å². The summed E-state index contributed by atoms with van der Waals surface area (Å²) in [6, 6.07) is 1.05. The van der Waals surface area contributed by atoms with Gasteiger partial charge in [-0.1, -0.05) is 5.92 Å². The first-order valence-corrected chi connectivity index (χ1v) is 5.39. The van der Waals surface area contributed by atoms with E-state index >= 15 is 0 Å². The Kier molecular flexibility index (Phi) is 3.30. The van der Waals surface area contributed by atoms with Gasteiger partial charge in [0.1, 0.15) is 12.2 Å².